The Bertz CT molecular complexity index is 547. The first-order chi connectivity index (χ1) is 9.27. The minimum Gasteiger partial charge on any atom is -0.310 e. The van der Waals surface area contributed by atoms with E-state index in [9.17, 15) is 8.42 Å². The second kappa shape index (κ2) is 7.36. The third-order valence-electron chi connectivity index (χ3n) is 2.75. The van der Waals surface area contributed by atoms with Gasteiger partial charge in [-0.25, -0.2) is 8.42 Å². The number of nitrogens with zero attached hydrogens (tertiary/aromatic N) is 1. The van der Waals surface area contributed by atoms with Crippen molar-refractivity contribution in [1.82, 2.24) is 9.62 Å². The Hall–Kier alpha value is -0.690. The van der Waals surface area contributed by atoms with Crippen molar-refractivity contribution in [2.75, 3.05) is 13.1 Å². The molecule has 1 aromatic rings. The van der Waals surface area contributed by atoms with Crippen LogP contribution in [0.2, 0.25) is 0 Å². The van der Waals surface area contributed by atoms with Gasteiger partial charge in [-0.15, -0.1) is 11.3 Å². The summed E-state index contributed by atoms with van der Waals surface area (Å²) in [5, 5.41) is 5.01. The fourth-order valence-electron chi connectivity index (χ4n) is 1.71. The Balaban J connectivity index is 2.89. The molecule has 6 heteroatoms. The van der Waals surface area contributed by atoms with E-state index in [0.717, 1.165) is 10.5 Å². The lowest BCUT2D eigenvalue weighted by molar-refractivity contribution is 0.453. The van der Waals surface area contributed by atoms with E-state index in [4.69, 9.17) is 0 Å². The third kappa shape index (κ3) is 4.70. The summed E-state index contributed by atoms with van der Waals surface area (Å²) < 4.78 is 26.5. The van der Waals surface area contributed by atoms with Gasteiger partial charge < -0.3 is 5.32 Å². The zero-order chi connectivity index (χ0) is 15.3. The van der Waals surface area contributed by atoms with Crippen molar-refractivity contribution in [3.05, 3.63) is 28.5 Å². The standard InChI is InChI=1S/C14H24N2O2S2/c1-6-16(9-11(2)3)20(17,18)14-7-13(19-10-14)8-15-12(4)5/h7,10,12,15H,2,6,8-9H2,1,3-5H3. The first-order valence-electron chi connectivity index (χ1n) is 6.72. The predicted octanol–water partition coefficient (Wildman–Crippen LogP) is 2.83. The minimum absolute atomic E-state index is 0.369. The SMILES string of the molecule is C=C(C)CN(CC)S(=O)(=O)c1csc(CNC(C)C)c1. The van der Waals surface area contributed by atoms with Crippen LogP contribution in [0.3, 0.4) is 0 Å². The molecule has 1 aromatic heterocycles. The maximum absolute atomic E-state index is 12.5. The van der Waals surface area contributed by atoms with Crippen LogP contribution in [0.5, 0.6) is 0 Å². The van der Waals surface area contributed by atoms with Crippen molar-refractivity contribution in [3.63, 3.8) is 0 Å². The largest absolute Gasteiger partial charge is 0.310 e. The molecule has 0 spiro atoms. The Morgan fingerprint density at radius 3 is 2.65 bits per heavy atom. The number of nitrogens with one attached hydrogen (secondary N) is 1. The molecule has 114 valence electrons. The lowest BCUT2D eigenvalue weighted by Gasteiger charge is -2.19. The van der Waals surface area contributed by atoms with E-state index in [1.807, 2.05) is 13.8 Å². The number of thiophene rings is 1. The number of hydrogen-bond acceptors (Lipinski definition) is 4. The molecule has 0 aliphatic heterocycles. The van der Waals surface area contributed by atoms with Crippen molar-refractivity contribution >= 4 is 21.4 Å². The van der Waals surface area contributed by atoms with Crippen LogP contribution in [0.25, 0.3) is 0 Å². The van der Waals surface area contributed by atoms with E-state index < -0.39 is 10.0 Å². The summed E-state index contributed by atoms with van der Waals surface area (Å²) in [6.07, 6.45) is 0. The van der Waals surface area contributed by atoms with Crippen molar-refractivity contribution in [3.8, 4) is 0 Å². The van der Waals surface area contributed by atoms with Crippen LogP contribution >= 0.6 is 11.3 Å². The minimum atomic E-state index is -3.41. The van der Waals surface area contributed by atoms with Gasteiger partial charge in [0.15, 0.2) is 0 Å². The summed E-state index contributed by atoms with van der Waals surface area (Å²) in [5.74, 6) is 0. The van der Waals surface area contributed by atoms with Crippen molar-refractivity contribution in [2.45, 2.75) is 45.2 Å². The molecule has 1 N–H and O–H groups in total. The molecule has 0 unspecified atom stereocenters. The van der Waals surface area contributed by atoms with Gasteiger partial charge in [0, 0.05) is 35.9 Å². The average Bonchev–Trinajstić information content (AvgIpc) is 2.82. The van der Waals surface area contributed by atoms with E-state index in [1.165, 1.54) is 15.6 Å². The van der Waals surface area contributed by atoms with Crippen LogP contribution in [0.15, 0.2) is 28.5 Å². The van der Waals surface area contributed by atoms with Gasteiger partial charge in [0.1, 0.15) is 0 Å². The molecular weight excluding hydrogens is 292 g/mol. The highest BCUT2D eigenvalue weighted by molar-refractivity contribution is 7.89. The first-order valence-corrected chi connectivity index (χ1v) is 9.04. The third-order valence-corrected chi connectivity index (χ3v) is 5.74. The Labute approximate surface area is 126 Å². The molecule has 0 aliphatic carbocycles. The zero-order valence-corrected chi connectivity index (χ0v) is 14.3. The van der Waals surface area contributed by atoms with Gasteiger partial charge in [0.25, 0.3) is 0 Å². The number of hydrogen-bond donors (Lipinski definition) is 1. The molecule has 20 heavy (non-hydrogen) atoms. The van der Waals surface area contributed by atoms with Crippen molar-refractivity contribution < 1.29 is 8.42 Å². The second-order valence-corrected chi connectivity index (χ2v) is 8.11. The highest BCUT2D eigenvalue weighted by Gasteiger charge is 2.24. The van der Waals surface area contributed by atoms with Gasteiger partial charge in [-0.3, -0.25) is 0 Å². The molecule has 0 bridgehead atoms. The molecule has 0 radical (unpaired) electrons. The molecule has 0 aliphatic rings. The van der Waals surface area contributed by atoms with Gasteiger partial charge >= 0.3 is 0 Å². The lowest BCUT2D eigenvalue weighted by Crippen LogP contribution is -2.32. The summed E-state index contributed by atoms with van der Waals surface area (Å²) in [7, 11) is -3.41. The van der Waals surface area contributed by atoms with Crippen molar-refractivity contribution in [2.24, 2.45) is 0 Å². The van der Waals surface area contributed by atoms with Crippen LogP contribution in [-0.2, 0) is 16.6 Å². The maximum Gasteiger partial charge on any atom is 0.244 e. The van der Waals surface area contributed by atoms with E-state index in [1.54, 1.807) is 11.4 Å². The average molecular weight is 316 g/mol. The normalized spacial score (nSPS) is 12.3. The summed E-state index contributed by atoms with van der Waals surface area (Å²) in [6.45, 7) is 13.1. The summed E-state index contributed by atoms with van der Waals surface area (Å²) in [6, 6.07) is 2.14. The molecule has 4 nitrogen and oxygen atoms in total. The van der Waals surface area contributed by atoms with Gasteiger partial charge in [0.2, 0.25) is 10.0 Å². The molecule has 0 saturated heterocycles. The van der Waals surface area contributed by atoms with Crippen LogP contribution < -0.4 is 5.32 Å². The molecule has 0 fully saturated rings. The quantitative estimate of drug-likeness (QED) is 0.750. The topological polar surface area (TPSA) is 49.4 Å². The summed E-state index contributed by atoms with van der Waals surface area (Å²) >= 11 is 1.47. The van der Waals surface area contributed by atoms with E-state index >= 15 is 0 Å². The van der Waals surface area contributed by atoms with E-state index in [2.05, 4.69) is 25.7 Å². The fourth-order valence-corrected chi connectivity index (χ4v) is 4.43. The molecule has 1 rings (SSSR count). The van der Waals surface area contributed by atoms with Gasteiger partial charge in [-0.05, 0) is 13.0 Å². The van der Waals surface area contributed by atoms with Gasteiger partial charge in [-0.2, -0.15) is 4.31 Å². The Morgan fingerprint density at radius 1 is 1.50 bits per heavy atom. The maximum atomic E-state index is 12.5. The predicted molar refractivity (Wildman–Crippen MR) is 85.5 cm³/mol. The highest BCUT2D eigenvalue weighted by Crippen LogP contribution is 2.23. The van der Waals surface area contributed by atoms with Gasteiger partial charge in [-0.1, -0.05) is 32.9 Å². The Kier molecular flexibility index (Phi) is 6.39. The van der Waals surface area contributed by atoms with Crippen LogP contribution in [0, 0.1) is 0 Å². The first kappa shape index (κ1) is 17.4. The smallest absolute Gasteiger partial charge is 0.244 e. The molecular formula is C14H24N2O2S2. The fraction of sp³-hybridized carbons (Fsp3) is 0.571. The molecule has 0 amide bonds. The second-order valence-electron chi connectivity index (χ2n) is 5.17. The number of likely N-dealkylation sites (N-methyl/N-ethyl adjacent to an activating group) is 1. The number of sulfonamides is 1. The van der Waals surface area contributed by atoms with Crippen LogP contribution in [-0.4, -0.2) is 31.9 Å². The molecule has 1 heterocycles. The number of rotatable bonds is 8. The van der Waals surface area contributed by atoms with Crippen LogP contribution in [0.4, 0.5) is 0 Å². The van der Waals surface area contributed by atoms with Gasteiger partial charge in [0.05, 0.1) is 4.90 Å². The zero-order valence-electron chi connectivity index (χ0n) is 12.6. The highest BCUT2D eigenvalue weighted by atomic mass is 32.2. The molecule has 0 saturated carbocycles. The monoisotopic (exact) mass is 316 g/mol. The van der Waals surface area contributed by atoms with Crippen LogP contribution in [0.1, 0.15) is 32.6 Å². The molecule has 0 aromatic carbocycles. The summed E-state index contributed by atoms with van der Waals surface area (Å²) in [5.41, 5.74) is 0.840. The lowest BCUT2D eigenvalue weighted by atomic mass is 10.3. The summed E-state index contributed by atoms with van der Waals surface area (Å²) in [4.78, 5) is 1.41. The van der Waals surface area contributed by atoms with E-state index in [-0.39, 0.29) is 0 Å². The molecule has 0 atom stereocenters. The Morgan fingerprint density at radius 2 is 2.15 bits per heavy atom. The van der Waals surface area contributed by atoms with E-state index in [0.29, 0.717) is 30.6 Å². The van der Waals surface area contributed by atoms with Crippen molar-refractivity contribution in [1.29, 1.82) is 0 Å².